The van der Waals surface area contributed by atoms with E-state index in [4.69, 9.17) is 11.6 Å². The highest BCUT2D eigenvalue weighted by Crippen LogP contribution is 2.42. The molecule has 0 heterocycles. The van der Waals surface area contributed by atoms with Crippen LogP contribution in [0.25, 0.3) is 5.83 Å². The second-order valence-corrected chi connectivity index (χ2v) is 9.84. The van der Waals surface area contributed by atoms with Gasteiger partial charge in [0.2, 0.25) is 5.91 Å². The van der Waals surface area contributed by atoms with E-state index in [1.807, 2.05) is 0 Å². The molecular formula is C26H19ClF13NO2. The monoisotopic (exact) mass is 659 g/mol. The topological polar surface area (TPSA) is 37.4 Å². The lowest BCUT2D eigenvalue weighted by Crippen LogP contribution is -2.39. The number of amides is 1. The Morgan fingerprint density at radius 1 is 0.884 bits per heavy atom. The van der Waals surface area contributed by atoms with E-state index in [1.54, 1.807) is 0 Å². The van der Waals surface area contributed by atoms with Crippen LogP contribution >= 0.6 is 11.6 Å². The van der Waals surface area contributed by atoms with Crippen LogP contribution in [0, 0.1) is 5.92 Å². The predicted octanol–water partition coefficient (Wildman–Crippen LogP) is 9.26. The smallest absolute Gasteiger partial charge is 0.336 e. The van der Waals surface area contributed by atoms with Gasteiger partial charge < -0.3 is 4.90 Å². The number of alkyl halides is 12. The van der Waals surface area contributed by atoms with Crippen LogP contribution in [0.15, 0.2) is 42.5 Å². The van der Waals surface area contributed by atoms with Gasteiger partial charge in [0.05, 0.1) is 11.1 Å². The van der Waals surface area contributed by atoms with E-state index in [-0.39, 0.29) is 23.1 Å². The number of nitrogens with zero attached hydrogens (tertiary/aromatic N) is 1. The van der Waals surface area contributed by atoms with Gasteiger partial charge in [-0.15, -0.1) is 0 Å². The van der Waals surface area contributed by atoms with Crippen molar-refractivity contribution >= 4 is 29.1 Å². The van der Waals surface area contributed by atoms with Crippen molar-refractivity contribution in [2.45, 2.75) is 44.0 Å². The van der Waals surface area contributed by atoms with Crippen LogP contribution in [0.5, 0.6) is 0 Å². The van der Waals surface area contributed by atoms with Gasteiger partial charge in [0.15, 0.2) is 5.78 Å². The molecule has 2 aromatic carbocycles. The first-order valence-electron chi connectivity index (χ1n) is 11.7. The molecule has 3 nitrogen and oxygen atoms in total. The van der Waals surface area contributed by atoms with E-state index in [9.17, 15) is 66.7 Å². The highest BCUT2D eigenvalue weighted by atomic mass is 35.5. The Labute approximate surface area is 239 Å². The number of benzene rings is 2. The molecule has 238 valence electrons. The van der Waals surface area contributed by atoms with Crippen molar-refractivity contribution in [1.29, 1.82) is 0 Å². The third-order valence-corrected chi connectivity index (χ3v) is 6.10. The molecule has 0 fully saturated rings. The van der Waals surface area contributed by atoms with Gasteiger partial charge >= 0.3 is 24.7 Å². The summed E-state index contributed by atoms with van der Waals surface area (Å²) in [5, 5.41) is -0.785. The van der Waals surface area contributed by atoms with Gasteiger partial charge in [-0.25, -0.2) is 4.39 Å². The van der Waals surface area contributed by atoms with Gasteiger partial charge in [0.25, 0.3) is 0 Å². The van der Waals surface area contributed by atoms with Gasteiger partial charge in [-0.2, -0.15) is 52.7 Å². The summed E-state index contributed by atoms with van der Waals surface area (Å²) >= 11 is 5.51. The van der Waals surface area contributed by atoms with Crippen LogP contribution in [0.4, 0.5) is 57.1 Å². The summed E-state index contributed by atoms with van der Waals surface area (Å²) in [5.74, 6) is -9.18. The lowest BCUT2D eigenvalue weighted by molar-refractivity contribution is -0.160. The number of hydrogen-bond donors (Lipinski definition) is 0. The molecule has 0 saturated heterocycles. The van der Waals surface area contributed by atoms with E-state index < -0.39 is 99.9 Å². The highest BCUT2D eigenvalue weighted by molar-refractivity contribution is 6.30. The minimum absolute atomic E-state index is 0.0200. The predicted molar refractivity (Wildman–Crippen MR) is 128 cm³/mol. The second kappa shape index (κ2) is 12.7. The summed E-state index contributed by atoms with van der Waals surface area (Å²) in [6, 6.07) is 1.69. The van der Waals surface area contributed by atoms with Crippen molar-refractivity contribution in [2.75, 3.05) is 13.6 Å². The summed E-state index contributed by atoms with van der Waals surface area (Å²) in [6.07, 6.45) is -22.1. The molecule has 1 unspecified atom stereocenters. The van der Waals surface area contributed by atoms with E-state index in [0.717, 1.165) is 14.0 Å². The average Bonchev–Trinajstić information content (AvgIpc) is 2.82. The van der Waals surface area contributed by atoms with Crippen LogP contribution in [0.3, 0.4) is 0 Å². The fourth-order valence-corrected chi connectivity index (χ4v) is 4.19. The Morgan fingerprint density at radius 3 is 1.95 bits per heavy atom. The largest absolute Gasteiger partial charge is 0.417 e. The summed E-state index contributed by atoms with van der Waals surface area (Å²) in [5.41, 5.74) is -6.89. The summed E-state index contributed by atoms with van der Waals surface area (Å²) in [7, 11) is 0.753. The normalized spacial score (nSPS) is 14.8. The fourth-order valence-electron chi connectivity index (χ4n) is 3.95. The Hall–Kier alpha value is -3.30. The molecule has 2 aromatic rings. The van der Waals surface area contributed by atoms with E-state index in [0.29, 0.717) is 24.3 Å². The fraction of sp³-hybridized carbons (Fsp3) is 0.385. The van der Waals surface area contributed by atoms with Crippen LogP contribution in [-0.2, 0) is 17.1 Å². The molecule has 0 aliphatic carbocycles. The van der Waals surface area contributed by atoms with Gasteiger partial charge in [-0.05, 0) is 35.9 Å². The number of hydrogen-bond acceptors (Lipinski definition) is 2. The Kier molecular flexibility index (Phi) is 10.6. The average molecular weight is 660 g/mol. The first-order valence-corrected chi connectivity index (χ1v) is 12.1. The molecule has 0 saturated carbocycles. The molecule has 0 spiro atoms. The van der Waals surface area contributed by atoms with E-state index >= 15 is 0 Å². The summed E-state index contributed by atoms with van der Waals surface area (Å²) in [6.45, 7) is -0.724. The molecule has 0 aromatic heterocycles. The van der Waals surface area contributed by atoms with Crippen molar-refractivity contribution < 1.29 is 66.7 Å². The first-order chi connectivity index (χ1) is 19.3. The standard InChI is InChI=1S/C26H19ClF13NO2/c1-12(22(43)41(2)11-23(29,30)31)5-21(42)17-4-3-13(8-19(17)26(38,39)40)20(28)10-18(25(35,36)37)14-6-15(24(32,33)34)9-16(27)7-14/h3-4,6-10,12,18H,5,11H2,1-2H3/b20-10-/t12-,18?/m0/s1. The Bertz CT molecular complexity index is 1380. The highest BCUT2D eigenvalue weighted by Gasteiger charge is 2.42. The van der Waals surface area contributed by atoms with Crippen LogP contribution in [0.1, 0.15) is 51.9 Å². The number of carbonyl (C=O) groups excluding carboxylic acids is 2. The van der Waals surface area contributed by atoms with Crippen molar-refractivity contribution in [3.05, 3.63) is 75.3 Å². The molecule has 0 aliphatic heterocycles. The van der Waals surface area contributed by atoms with E-state index in [1.165, 1.54) is 0 Å². The molecule has 0 radical (unpaired) electrons. The number of carbonyl (C=O) groups is 2. The molecule has 2 rings (SSSR count). The summed E-state index contributed by atoms with van der Waals surface area (Å²) < 4.78 is 175. The molecule has 0 N–H and O–H groups in total. The molecule has 2 atom stereocenters. The number of allylic oxidation sites excluding steroid dienone is 1. The zero-order valence-corrected chi connectivity index (χ0v) is 22.4. The van der Waals surface area contributed by atoms with Crippen molar-refractivity contribution in [2.24, 2.45) is 5.92 Å². The maximum atomic E-state index is 15.0. The summed E-state index contributed by atoms with van der Waals surface area (Å²) in [4.78, 5) is 25.0. The molecule has 0 aliphatic rings. The molecule has 0 bridgehead atoms. The van der Waals surface area contributed by atoms with Crippen molar-refractivity contribution in [3.8, 4) is 0 Å². The minimum atomic E-state index is -5.43. The van der Waals surface area contributed by atoms with Gasteiger partial charge in [0.1, 0.15) is 18.3 Å². The first kappa shape index (κ1) is 35.9. The molecule has 17 heteroatoms. The van der Waals surface area contributed by atoms with Gasteiger partial charge in [0, 0.05) is 35.5 Å². The van der Waals surface area contributed by atoms with Crippen molar-refractivity contribution in [1.82, 2.24) is 4.90 Å². The number of ketones is 1. The number of rotatable bonds is 8. The number of Topliss-reactive ketones (excluding diaryl/α,β-unsaturated/α-hetero) is 1. The zero-order valence-electron chi connectivity index (χ0n) is 21.7. The molecule has 43 heavy (non-hydrogen) atoms. The van der Waals surface area contributed by atoms with Gasteiger partial charge in [-0.3, -0.25) is 9.59 Å². The van der Waals surface area contributed by atoms with Crippen molar-refractivity contribution in [3.63, 3.8) is 0 Å². The quantitative estimate of drug-likeness (QED) is 0.209. The second-order valence-electron chi connectivity index (χ2n) is 9.40. The third-order valence-electron chi connectivity index (χ3n) is 5.88. The lowest BCUT2D eigenvalue weighted by atomic mass is 9.92. The Morgan fingerprint density at radius 2 is 1.47 bits per heavy atom. The molecular weight excluding hydrogens is 641 g/mol. The maximum Gasteiger partial charge on any atom is 0.417 e. The maximum absolute atomic E-state index is 15.0. The van der Waals surface area contributed by atoms with Gasteiger partial charge in [-0.1, -0.05) is 30.7 Å². The Balaban J connectivity index is 2.51. The zero-order chi connectivity index (χ0) is 33.3. The van der Waals surface area contributed by atoms with Crippen LogP contribution in [-0.4, -0.2) is 42.5 Å². The van der Waals surface area contributed by atoms with Crippen LogP contribution in [0.2, 0.25) is 5.02 Å². The SMILES string of the molecule is C[C@@H](CC(=O)c1ccc(/C(F)=C/C(c2cc(Cl)cc(C(F)(F)F)c2)C(F)(F)F)cc1C(F)(F)F)C(=O)N(C)CC(F)(F)F. The minimum Gasteiger partial charge on any atom is -0.336 e. The van der Waals surface area contributed by atoms with Crippen LogP contribution < -0.4 is 0 Å². The lowest BCUT2D eigenvalue weighted by Gasteiger charge is -2.22. The number of halogens is 14. The third kappa shape index (κ3) is 9.86. The van der Waals surface area contributed by atoms with E-state index in [2.05, 4.69) is 0 Å². The molecule has 1 amide bonds.